The maximum Gasteiger partial charge on any atom is 0.220 e. The van der Waals surface area contributed by atoms with E-state index < -0.39 is 0 Å². The second-order valence-corrected chi connectivity index (χ2v) is 10.9. The van der Waals surface area contributed by atoms with Gasteiger partial charge >= 0.3 is 0 Å². The highest BCUT2D eigenvalue weighted by atomic mass is 33.1. The highest BCUT2D eigenvalue weighted by molar-refractivity contribution is 8.77. The average Bonchev–Trinajstić information content (AvgIpc) is 3.31. The number of hydrogen-bond acceptors (Lipinski definition) is 6. The number of thiazole rings is 1. The van der Waals surface area contributed by atoms with Gasteiger partial charge in [0.05, 0.1) is 22.1 Å². The summed E-state index contributed by atoms with van der Waals surface area (Å²) in [6, 6.07) is 4.18. The molecule has 1 aliphatic heterocycles. The van der Waals surface area contributed by atoms with E-state index in [1.165, 1.54) is 28.3 Å². The number of carbonyl (C=O) groups is 1. The highest BCUT2D eigenvalue weighted by Gasteiger charge is 2.15. The first-order valence-electron chi connectivity index (χ1n) is 8.27. The van der Waals surface area contributed by atoms with Crippen LogP contribution in [0.15, 0.2) is 17.5 Å². The van der Waals surface area contributed by atoms with Gasteiger partial charge in [-0.1, -0.05) is 28.0 Å². The van der Waals surface area contributed by atoms with Crippen molar-refractivity contribution < 1.29 is 4.79 Å². The number of aromatic nitrogens is 1. The molecule has 0 saturated carbocycles. The lowest BCUT2D eigenvalue weighted by molar-refractivity contribution is -0.121. The van der Waals surface area contributed by atoms with Gasteiger partial charge < -0.3 is 5.32 Å². The first-order valence-corrected chi connectivity index (χ1v) is 12.3. The molecule has 1 unspecified atom stereocenters. The topological polar surface area (TPSA) is 42.0 Å². The van der Waals surface area contributed by atoms with Crippen molar-refractivity contribution in [2.45, 2.75) is 50.8 Å². The molecule has 1 N–H and O–H groups in total. The SMILES string of the molecule is Cc1nc(-c2ccc(CNC(=O)CCCCC3CCSS3)s2)cs1. The van der Waals surface area contributed by atoms with Crippen LogP contribution in [0.1, 0.15) is 42.0 Å². The number of nitrogens with one attached hydrogen (secondary N) is 1. The molecule has 1 atom stereocenters. The van der Waals surface area contributed by atoms with Gasteiger partial charge in [-0.05, 0) is 38.3 Å². The minimum Gasteiger partial charge on any atom is -0.351 e. The number of rotatable bonds is 8. The summed E-state index contributed by atoms with van der Waals surface area (Å²) < 4.78 is 0. The summed E-state index contributed by atoms with van der Waals surface area (Å²) in [5, 5.41) is 7.03. The summed E-state index contributed by atoms with van der Waals surface area (Å²) in [4.78, 5) is 18.8. The van der Waals surface area contributed by atoms with Gasteiger partial charge in [-0.15, -0.1) is 22.7 Å². The van der Waals surface area contributed by atoms with E-state index in [2.05, 4.69) is 27.8 Å². The minimum atomic E-state index is 0.169. The standard InChI is InChI=1S/C17H22N2OS4/c1-12-19-15(11-21-12)16-7-6-14(23-16)10-18-17(20)5-3-2-4-13-8-9-22-24-13/h6-7,11,13H,2-5,8-10H2,1H3,(H,18,20). The zero-order valence-electron chi connectivity index (χ0n) is 13.7. The Balaban J connectivity index is 1.34. The van der Waals surface area contributed by atoms with Crippen LogP contribution in [0.25, 0.3) is 10.6 Å². The largest absolute Gasteiger partial charge is 0.351 e. The smallest absolute Gasteiger partial charge is 0.220 e. The number of hydrogen-bond donors (Lipinski definition) is 1. The Hall–Kier alpha value is -0.500. The number of nitrogens with zero attached hydrogens (tertiary/aromatic N) is 1. The Kier molecular flexibility index (Phi) is 7.06. The van der Waals surface area contributed by atoms with Crippen molar-refractivity contribution in [2.24, 2.45) is 0 Å². The molecular formula is C17H22N2OS4. The second kappa shape index (κ2) is 9.27. The van der Waals surface area contributed by atoms with Gasteiger partial charge in [0.25, 0.3) is 0 Å². The van der Waals surface area contributed by atoms with Gasteiger partial charge in [0, 0.05) is 27.7 Å². The maximum atomic E-state index is 12.0. The van der Waals surface area contributed by atoms with Crippen molar-refractivity contribution in [1.82, 2.24) is 10.3 Å². The van der Waals surface area contributed by atoms with Crippen LogP contribution in [0.4, 0.5) is 0 Å². The van der Waals surface area contributed by atoms with E-state index in [0.29, 0.717) is 13.0 Å². The van der Waals surface area contributed by atoms with E-state index in [-0.39, 0.29) is 5.91 Å². The maximum absolute atomic E-state index is 12.0. The van der Waals surface area contributed by atoms with Gasteiger partial charge in [-0.3, -0.25) is 4.79 Å². The molecule has 2 aromatic heterocycles. The number of carbonyl (C=O) groups excluding carboxylic acids is 1. The molecule has 1 fully saturated rings. The van der Waals surface area contributed by atoms with E-state index in [9.17, 15) is 4.79 Å². The normalized spacial score (nSPS) is 17.3. The molecule has 0 aromatic carbocycles. The molecule has 3 nitrogen and oxygen atoms in total. The second-order valence-electron chi connectivity index (χ2n) is 5.87. The van der Waals surface area contributed by atoms with Crippen molar-refractivity contribution in [3.8, 4) is 10.6 Å². The molecular weight excluding hydrogens is 376 g/mol. The predicted octanol–water partition coefficient (Wildman–Crippen LogP) is 5.51. The van der Waals surface area contributed by atoms with Crippen LogP contribution in [0.3, 0.4) is 0 Å². The van der Waals surface area contributed by atoms with Crippen molar-refractivity contribution in [1.29, 1.82) is 0 Å². The number of thiophene rings is 1. The molecule has 24 heavy (non-hydrogen) atoms. The summed E-state index contributed by atoms with van der Waals surface area (Å²) in [6.07, 6.45) is 5.40. The summed E-state index contributed by atoms with van der Waals surface area (Å²) >= 11 is 3.38. The fourth-order valence-electron chi connectivity index (χ4n) is 2.58. The highest BCUT2D eigenvalue weighted by Crippen LogP contribution is 2.39. The molecule has 1 aliphatic rings. The summed E-state index contributed by atoms with van der Waals surface area (Å²) in [7, 11) is 4.01. The van der Waals surface area contributed by atoms with Crippen LogP contribution >= 0.6 is 44.3 Å². The Morgan fingerprint density at radius 2 is 2.29 bits per heavy atom. The Morgan fingerprint density at radius 3 is 3.04 bits per heavy atom. The zero-order chi connectivity index (χ0) is 16.8. The molecule has 1 saturated heterocycles. The van der Waals surface area contributed by atoms with E-state index in [0.717, 1.165) is 28.8 Å². The third-order valence-corrected chi connectivity index (χ3v) is 8.79. The molecule has 0 radical (unpaired) electrons. The molecule has 3 rings (SSSR count). The quantitative estimate of drug-likeness (QED) is 0.470. The predicted molar refractivity (Wildman–Crippen MR) is 109 cm³/mol. The lowest BCUT2D eigenvalue weighted by Gasteiger charge is -2.07. The van der Waals surface area contributed by atoms with Crippen LogP contribution < -0.4 is 5.32 Å². The summed E-state index contributed by atoms with van der Waals surface area (Å²) in [5.41, 5.74) is 1.04. The number of aryl methyl sites for hydroxylation is 1. The van der Waals surface area contributed by atoms with Crippen LogP contribution in [-0.2, 0) is 11.3 Å². The van der Waals surface area contributed by atoms with E-state index in [1.54, 1.807) is 22.7 Å². The third kappa shape index (κ3) is 5.51. The van der Waals surface area contributed by atoms with Crippen LogP contribution in [0, 0.1) is 6.92 Å². The van der Waals surface area contributed by atoms with E-state index in [1.807, 2.05) is 28.5 Å². The van der Waals surface area contributed by atoms with Gasteiger partial charge in [0.2, 0.25) is 5.91 Å². The first kappa shape index (κ1) is 18.3. The lowest BCUT2D eigenvalue weighted by Crippen LogP contribution is -2.21. The first-order chi connectivity index (χ1) is 11.7. The molecule has 0 spiro atoms. The molecule has 0 aliphatic carbocycles. The summed E-state index contributed by atoms with van der Waals surface area (Å²) in [5.74, 6) is 1.46. The van der Waals surface area contributed by atoms with Gasteiger partial charge in [-0.2, -0.15) is 0 Å². The molecule has 1 amide bonds. The zero-order valence-corrected chi connectivity index (χ0v) is 17.0. The summed E-state index contributed by atoms with van der Waals surface area (Å²) in [6.45, 7) is 2.65. The fourth-order valence-corrected chi connectivity index (χ4v) is 7.21. The monoisotopic (exact) mass is 398 g/mol. The van der Waals surface area contributed by atoms with Crippen molar-refractivity contribution in [3.63, 3.8) is 0 Å². The minimum absolute atomic E-state index is 0.169. The van der Waals surface area contributed by atoms with Crippen LogP contribution in [0.5, 0.6) is 0 Å². The van der Waals surface area contributed by atoms with Gasteiger partial charge in [-0.25, -0.2) is 4.98 Å². The third-order valence-electron chi connectivity index (χ3n) is 3.90. The van der Waals surface area contributed by atoms with E-state index >= 15 is 0 Å². The number of unbranched alkanes of at least 4 members (excludes halogenated alkanes) is 1. The van der Waals surface area contributed by atoms with Crippen molar-refractivity contribution >= 4 is 50.2 Å². The molecule has 0 bridgehead atoms. The van der Waals surface area contributed by atoms with Crippen LogP contribution in [-0.4, -0.2) is 21.9 Å². The Morgan fingerprint density at radius 1 is 1.38 bits per heavy atom. The van der Waals surface area contributed by atoms with E-state index in [4.69, 9.17) is 0 Å². The van der Waals surface area contributed by atoms with Gasteiger partial charge in [0.15, 0.2) is 0 Å². The fraction of sp³-hybridized carbons (Fsp3) is 0.529. The number of amides is 1. The molecule has 7 heteroatoms. The Labute approximate surface area is 159 Å². The van der Waals surface area contributed by atoms with Crippen molar-refractivity contribution in [3.05, 3.63) is 27.4 Å². The average molecular weight is 399 g/mol. The Bertz CT molecular complexity index is 661. The molecule has 130 valence electrons. The van der Waals surface area contributed by atoms with Gasteiger partial charge in [0.1, 0.15) is 0 Å². The van der Waals surface area contributed by atoms with Crippen LogP contribution in [0.2, 0.25) is 0 Å². The van der Waals surface area contributed by atoms with Crippen molar-refractivity contribution in [2.75, 3.05) is 5.75 Å². The lowest BCUT2D eigenvalue weighted by atomic mass is 10.1. The molecule has 2 aromatic rings. The molecule has 3 heterocycles.